The number of nitrogens with two attached hydrogens (primary N) is 3. The van der Waals surface area contributed by atoms with Gasteiger partial charge in [0.1, 0.15) is 23.9 Å². The fraction of sp³-hybridized carbons (Fsp3) is 0.520. The van der Waals surface area contributed by atoms with Crippen molar-refractivity contribution in [1.29, 1.82) is 0 Å². The number of carbonyl (C=O) groups excluding carboxylic acids is 3. The Morgan fingerprint density at radius 2 is 1.70 bits per heavy atom. The van der Waals surface area contributed by atoms with E-state index in [-0.39, 0.29) is 50.5 Å². The number of aliphatic carboxylic acids is 2. The summed E-state index contributed by atoms with van der Waals surface area (Å²) in [5.74, 6) is -4.61. The van der Waals surface area contributed by atoms with Gasteiger partial charge in [0.05, 0.1) is 6.04 Å². The number of likely N-dealkylation sites (tertiary alicyclic amines) is 1. The number of aromatic hydroxyl groups is 1. The predicted octanol–water partition coefficient (Wildman–Crippen LogP) is -1.77. The van der Waals surface area contributed by atoms with Crippen LogP contribution in [0.4, 0.5) is 0 Å². The first-order chi connectivity index (χ1) is 18.9. The molecule has 11 N–H and O–H groups in total. The Bertz CT molecular complexity index is 1090. The summed E-state index contributed by atoms with van der Waals surface area (Å²) in [6.07, 6.45) is 0.522. The molecule has 1 fully saturated rings. The molecular weight excluding hydrogens is 526 g/mol. The van der Waals surface area contributed by atoms with Crippen LogP contribution in [0.1, 0.15) is 44.1 Å². The molecule has 15 heteroatoms. The van der Waals surface area contributed by atoms with Gasteiger partial charge >= 0.3 is 11.9 Å². The molecule has 15 nitrogen and oxygen atoms in total. The van der Waals surface area contributed by atoms with Crippen molar-refractivity contribution in [2.45, 2.75) is 69.1 Å². The van der Waals surface area contributed by atoms with Crippen LogP contribution in [0.5, 0.6) is 5.75 Å². The summed E-state index contributed by atoms with van der Waals surface area (Å²) in [5, 5.41) is 32.6. The molecule has 0 radical (unpaired) electrons. The molecule has 0 spiro atoms. The summed E-state index contributed by atoms with van der Waals surface area (Å²) in [6.45, 7) is 0.432. The third-order valence-corrected chi connectivity index (χ3v) is 6.39. The molecule has 40 heavy (non-hydrogen) atoms. The number of nitrogens with one attached hydrogen (secondary N) is 2. The Balaban J connectivity index is 2.11. The molecule has 1 aromatic carbocycles. The number of rotatable bonds is 15. The van der Waals surface area contributed by atoms with E-state index in [0.29, 0.717) is 12.8 Å². The number of phenolic OH excluding ortho intramolecular Hbond substituents is 1. The number of hydrogen-bond acceptors (Lipinski definition) is 8. The normalized spacial score (nSPS) is 16.8. The highest BCUT2D eigenvalue weighted by Gasteiger charge is 2.38. The Labute approximate surface area is 230 Å². The lowest BCUT2D eigenvalue weighted by atomic mass is 10.0. The number of nitrogens with zero attached hydrogens (tertiary/aromatic N) is 2. The minimum Gasteiger partial charge on any atom is -0.508 e. The van der Waals surface area contributed by atoms with E-state index in [0.717, 1.165) is 5.56 Å². The highest BCUT2D eigenvalue weighted by atomic mass is 16.4. The zero-order chi connectivity index (χ0) is 29.8. The van der Waals surface area contributed by atoms with Crippen LogP contribution in [0.25, 0.3) is 0 Å². The van der Waals surface area contributed by atoms with Gasteiger partial charge < -0.3 is 48.1 Å². The van der Waals surface area contributed by atoms with Gasteiger partial charge in [0.25, 0.3) is 0 Å². The molecule has 1 saturated heterocycles. The Morgan fingerprint density at radius 1 is 1.02 bits per heavy atom. The molecule has 4 unspecified atom stereocenters. The lowest BCUT2D eigenvalue weighted by Crippen LogP contribution is -2.56. The minimum absolute atomic E-state index is 0.0423. The molecule has 1 aromatic rings. The van der Waals surface area contributed by atoms with Crippen LogP contribution in [0, 0.1) is 0 Å². The monoisotopic (exact) mass is 563 g/mol. The number of aliphatic imine (C=N–C) groups is 1. The van der Waals surface area contributed by atoms with Crippen molar-refractivity contribution in [3.8, 4) is 5.75 Å². The molecule has 0 saturated carbocycles. The van der Waals surface area contributed by atoms with E-state index < -0.39 is 60.2 Å². The molecule has 0 aliphatic carbocycles. The zero-order valence-electron chi connectivity index (χ0n) is 22.0. The fourth-order valence-electron chi connectivity index (χ4n) is 4.33. The number of benzene rings is 1. The van der Waals surface area contributed by atoms with Crippen LogP contribution >= 0.6 is 0 Å². The van der Waals surface area contributed by atoms with Gasteiger partial charge in [0.2, 0.25) is 17.7 Å². The van der Waals surface area contributed by atoms with E-state index in [1.54, 1.807) is 12.1 Å². The molecule has 3 amide bonds. The molecule has 0 aromatic heterocycles. The van der Waals surface area contributed by atoms with E-state index in [4.69, 9.17) is 22.3 Å². The van der Waals surface area contributed by atoms with Gasteiger partial charge in [-0.2, -0.15) is 0 Å². The average Bonchev–Trinajstić information content (AvgIpc) is 3.38. The second-order valence-corrected chi connectivity index (χ2v) is 9.51. The first-order valence-electron chi connectivity index (χ1n) is 12.8. The van der Waals surface area contributed by atoms with Crippen LogP contribution in [-0.2, 0) is 30.4 Å². The molecule has 2 rings (SSSR count). The predicted molar refractivity (Wildman–Crippen MR) is 143 cm³/mol. The second-order valence-electron chi connectivity index (χ2n) is 9.51. The fourth-order valence-corrected chi connectivity index (χ4v) is 4.33. The highest BCUT2D eigenvalue weighted by Crippen LogP contribution is 2.20. The van der Waals surface area contributed by atoms with Crippen molar-refractivity contribution < 1.29 is 39.3 Å². The van der Waals surface area contributed by atoms with Gasteiger partial charge in [-0.05, 0) is 56.2 Å². The Morgan fingerprint density at radius 3 is 2.30 bits per heavy atom. The SMILES string of the molecule is NC(N)=NCCCC(NC(=O)C1CCCN1C(=O)C(N)Cc1ccc(O)cc1)C(=O)NC(CCC(=O)O)C(=O)O. The van der Waals surface area contributed by atoms with Crippen LogP contribution < -0.4 is 27.8 Å². The Kier molecular flexibility index (Phi) is 12.1. The number of phenols is 1. The maximum absolute atomic E-state index is 13.3. The quantitative estimate of drug-likeness (QED) is 0.0672. The van der Waals surface area contributed by atoms with E-state index >= 15 is 0 Å². The number of carbonyl (C=O) groups is 5. The maximum Gasteiger partial charge on any atom is 0.326 e. The molecule has 1 aliphatic rings. The van der Waals surface area contributed by atoms with Crippen molar-refractivity contribution in [3.05, 3.63) is 29.8 Å². The summed E-state index contributed by atoms with van der Waals surface area (Å²) in [6, 6.07) is 1.73. The van der Waals surface area contributed by atoms with Crippen molar-refractivity contribution in [2.24, 2.45) is 22.2 Å². The highest BCUT2D eigenvalue weighted by molar-refractivity contribution is 5.94. The first-order valence-corrected chi connectivity index (χ1v) is 12.8. The summed E-state index contributed by atoms with van der Waals surface area (Å²) in [7, 11) is 0. The Hall–Kier alpha value is -4.40. The molecule has 0 bridgehead atoms. The van der Waals surface area contributed by atoms with Gasteiger partial charge in [-0.3, -0.25) is 24.2 Å². The van der Waals surface area contributed by atoms with Gasteiger partial charge in [0, 0.05) is 19.5 Å². The summed E-state index contributed by atoms with van der Waals surface area (Å²) < 4.78 is 0. The third kappa shape index (κ3) is 10.1. The second kappa shape index (κ2) is 15.3. The smallest absolute Gasteiger partial charge is 0.326 e. The van der Waals surface area contributed by atoms with Crippen molar-refractivity contribution in [1.82, 2.24) is 15.5 Å². The lowest BCUT2D eigenvalue weighted by molar-refractivity contribution is -0.144. The van der Waals surface area contributed by atoms with E-state index in [1.165, 1.54) is 17.0 Å². The van der Waals surface area contributed by atoms with Gasteiger partial charge in [0.15, 0.2) is 5.96 Å². The minimum atomic E-state index is -1.48. The van der Waals surface area contributed by atoms with Gasteiger partial charge in [-0.1, -0.05) is 12.1 Å². The largest absolute Gasteiger partial charge is 0.508 e. The summed E-state index contributed by atoms with van der Waals surface area (Å²) in [5.41, 5.74) is 17.5. The number of hydrogen-bond donors (Lipinski definition) is 8. The van der Waals surface area contributed by atoms with E-state index in [9.17, 15) is 34.2 Å². The number of guanidine groups is 1. The summed E-state index contributed by atoms with van der Waals surface area (Å²) in [4.78, 5) is 67.0. The third-order valence-electron chi connectivity index (χ3n) is 6.39. The number of amides is 3. The van der Waals surface area contributed by atoms with Gasteiger partial charge in [-0.25, -0.2) is 4.79 Å². The first kappa shape index (κ1) is 31.8. The van der Waals surface area contributed by atoms with E-state index in [1.807, 2.05) is 0 Å². The van der Waals surface area contributed by atoms with Crippen molar-refractivity contribution in [3.63, 3.8) is 0 Å². The van der Waals surface area contributed by atoms with E-state index in [2.05, 4.69) is 15.6 Å². The average molecular weight is 564 g/mol. The van der Waals surface area contributed by atoms with Crippen LogP contribution in [0.3, 0.4) is 0 Å². The number of carboxylic acids is 2. The lowest BCUT2D eigenvalue weighted by Gasteiger charge is -2.28. The zero-order valence-corrected chi connectivity index (χ0v) is 22.0. The van der Waals surface area contributed by atoms with Crippen molar-refractivity contribution in [2.75, 3.05) is 13.1 Å². The standard InChI is InChI=1S/C25H37N7O8/c26-16(13-14-5-7-15(33)8-6-14)23(38)32-12-2-4-19(32)22(37)30-17(3-1-11-29-25(27)28)21(36)31-18(24(39)40)9-10-20(34)35/h5-8,16-19,33H,1-4,9-13,26H2,(H,30,37)(H,31,36)(H,34,35)(H,39,40)(H4,27,28,29). The molecule has 1 heterocycles. The van der Waals surface area contributed by atoms with Gasteiger partial charge in [-0.15, -0.1) is 0 Å². The molecule has 4 atom stereocenters. The topological polar surface area (TPSA) is 264 Å². The maximum atomic E-state index is 13.3. The van der Waals surface area contributed by atoms with Crippen LogP contribution in [-0.4, -0.2) is 93.1 Å². The number of carboxylic acid groups (broad SMARTS) is 2. The van der Waals surface area contributed by atoms with Crippen LogP contribution in [0.15, 0.2) is 29.3 Å². The molecule has 220 valence electrons. The molecular formula is C25H37N7O8. The van der Waals surface area contributed by atoms with Crippen LogP contribution in [0.2, 0.25) is 0 Å². The molecule has 1 aliphatic heterocycles. The summed E-state index contributed by atoms with van der Waals surface area (Å²) >= 11 is 0. The van der Waals surface area contributed by atoms with Crippen molar-refractivity contribution >= 4 is 35.6 Å².